The topological polar surface area (TPSA) is 57.5 Å². The predicted molar refractivity (Wildman–Crippen MR) is 44.0 cm³/mol. The summed E-state index contributed by atoms with van der Waals surface area (Å²) in [6.07, 6.45) is -0.739. The summed E-state index contributed by atoms with van der Waals surface area (Å²) in [5.41, 5.74) is 0.609. The van der Waals surface area contributed by atoms with Crippen LogP contribution in [0, 0.1) is 0 Å². The van der Waals surface area contributed by atoms with Crippen molar-refractivity contribution in [2.24, 2.45) is 0 Å². The Kier molecular flexibility index (Phi) is 2.45. The first-order valence-corrected chi connectivity index (χ1v) is 3.63. The van der Waals surface area contributed by atoms with E-state index in [9.17, 15) is 9.90 Å². The maximum absolute atomic E-state index is 10.6. The molecule has 3 heteroatoms. The third-order valence-electron chi connectivity index (χ3n) is 1.64. The molecule has 0 radical (unpaired) electrons. The quantitative estimate of drug-likeness (QED) is 0.698. The van der Waals surface area contributed by atoms with E-state index in [2.05, 4.69) is 0 Å². The Morgan fingerprint density at radius 2 is 2.00 bits per heavy atom. The van der Waals surface area contributed by atoms with Crippen LogP contribution in [0.15, 0.2) is 24.3 Å². The Labute approximate surface area is 70.3 Å². The lowest BCUT2D eigenvalue weighted by atomic mass is 10.0. The van der Waals surface area contributed by atoms with Gasteiger partial charge in [-0.05, 0) is 18.6 Å². The van der Waals surface area contributed by atoms with Crippen molar-refractivity contribution in [3.63, 3.8) is 0 Å². The van der Waals surface area contributed by atoms with Crippen molar-refractivity contribution in [1.82, 2.24) is 0 Å². The standard InChI is InChI=1S/C9H10O3/c1-6(10)7-4-2-3-5-8(7)9(11)12/h2-6,10H,1H3,(H,11,12)/t6-/m0/s1. The number of carbonyl (C=O) groups is 1. The summed E-state index contributed by atoms with van der Waals surface area (Å²) >= 11 is 0. The molecule has 0 aliphatic rings. The monoisotopic (exact) mass is 166 g/mol. The summed E-state index contributed by atoms with van der Waals surface area (Å²) < 4.78 is 0. The number of hydrogen-bond acceptors (Lipinski definition) is 2. The molecule has 0 saturated carbocycles. The molecule has 0 heterocycles. The lowest BCUT2D eigenvalue weighted by molar-refractivity contribution is 0.0690. The van der Waals surface area contributed by atoms with Crippen molar-refractivity contribution < 1.29 is 15.0 Å². The number of hydrogen-bond donors (Lipinski definition) is 2. The van der Waals surface area contributed by atoms with Gasteiger partial charge in [0.05, 0.1) is 11.7 Å². The van der Waals surface area contributed by atoms with Gasteiger partial charge in [0.15, 0.2) is 0 Å². The van der Waals surface area contributed by atoms with Crippen molar-refractivity contribution >= 4 is 5.97 Å². The lowest BCUT2D eigenvalue weighted by Crippen LogP contribution is -2.04. The second-order valence-electron chi connectivity index (χ2n) is 2.57. The number of carboxylic acid groups (broad SMARTS) is 1. The summed E-state index contributed by atoms with van der Waals surface area (Å²) in [5, 5.41) is 17.9. The summed E-state index contributed by atoms with van der Waals surface area (Å²) in [6, 6.07) is 6.42. The van der Waals surface area contributed by atoms with Crippen LogP contribution >= 0.6 is 0 Å². The zero-order valence-electron chi connectivity index (χ0n) is 6.69. The van der Waals surface area contributed by atoms with Gasteiger partial charge in [-0.2, -0.15) is 0 Å². The second-order valence-corrected chi connectivity index (χ2v) is 2.57. The van der Waals surface area contributed by atoms with Gasteiger partial charge in [-0.15, -0.1) is 0 Å². The normalized spacial score (nSPS) is 12.5. The highest BCUT2D eigenvalue weighted by molar-refractivity contribution is 5.89. The minimum atomic E-state index is -1.01. The van der Waals surface area contributed by atoms with Crippen LogP contribution in [0.2, 0.25) is 0 Å². The number of rotatable bonds is 2. The molecule has 0 fully saturated rings. The van der Waals surface area contributed by atoms with Gasteiger partial charge in [-0.25, -0.2) is 4.79 Å². The first-order chi connectivity index (χ1) is 5.63. The van der Waals surface area contributed by atoms with Crippen LogP contribution in [0.5, 0.6) is 0 Å². The van der Waals surface area contributed by atoms with Crippen LogP contribution in [-0.4, -0.2) is 16.2 Å². The van der Waals surface area contributed by atoms with E-state index in [1.807, 2.05) is 0 Å². The molecule has 2 N–H and O–H groups in total. The summed E-state index contributed by atoms with van der Waals surface area (Å²) in [7, 11) is 0. The summed E-state index contributed by atoms with van der Waals surface area (Å²) in [4.78, 5) is 10.6. The Hall–Kier alpha value is -1.35. The molecule has 0 bridgehead atoms. The van der Waals surface area contributed by atoms with Crippen molar-refractivity contribution in [1.29, 1.82) is 0 Å². The number of carboxylic acids is 1. The van der Waals surface area contributed by atoms with Crippen LogP contribution < -0.4 is 0 Å². The van der Waals surface area contributed by atoms with Crippen molar-refractivity contribution in [3.05, 3.63) is 35.4 Å². The molecule has 0 aliphatic heterocycles. The highest BCUT2D eigenvalue weighted by Crippen LogP contribution is 2.16. The molecule has 1 aromatic rings. The van der Waals surface area contributed by atoms with Gasteiger partial charge >= 0.3 is 5.97 Å². The average molecular weight is 166 g/mol. The molecule has 0 amide bonds. The van der Waals surface area contributed by atoms with Gasteiger partial charge in [0.1, 0.15) is 0 Å². The van der Waals surface area contributed by atoms with Gasteiger partial charge in [0, 0.05) is 0 Å². The van der Waals surface area contributed by atoms with E-state index >= 15 is 0 Å². The van der Waals surface area contributed by atoms with Gasteiger partial charge in [-0.1, -0.05) is 18.2 Å². The van der Waals surface area contributed by atoms with Gasteiger partial charge < -0.3 is 10.2 Å². The SMILES string of the molecule is C[C@H](O)c1ccccc1C(=O)O. The Bertz CT molecular complexity index is 292. The highest BCUT2D eigenvalue weighted by Gasteiger charge is 2.11. The van der Waals surface area contributed by atoms with E-state index in [0.717, 1.165) is 0 Å². The van der Waals surface area contributed by atoms with E-state index in [-0.39, 0.29) is 5.56 Å². The first kappa shape index (κ1) is 8.74. The predicted octanol–water partition coefficient (Wildman–Crippen LogP) is 1.44. The van der Waals surface area contributed by atoms with E-state index in [4.69, 9.17) is 5.11 Å². The molecular weight excluding hydrogens is 156 g/mol. The third kappa shape index (κ3) is 1.62. The molecule has 0 unspecified atom stereocenters. The first-order valence-electron chi connectivity index (χ1n) is 3.63. The Balaban J connectivity index is 3.17. The van der Waals surface area contributed by atoms with E-state index in [1.54, 1.807) is 25.1 Å². The van der Waals surface area contributed by atoms with Gasteiger partial charge in [-0.3, -0.25) is 0 Å². The third-order valence-corrected chi connectivity index (χ3v) is 1.64. The number of aromatic carboxylic acids is 1. The molecule has 0 aliphatic carbocycles. The van der Waals surface area contributed by atoms with E-state index in [1.165, 1.54) is 6.07 Å². The second kappa shape index (κ2) is 3.36. The van der Waals surface area contributed by atoms with Gasteiger partial charge in [0.2, 0.25) is 0 Å². The van der Waals surface area contributed by atoms with Crippen molar-refractivity contribution in [2.75, 3.05) is 0 Å². The summed E-state index contributed by atoms with van der Waals surface area (Å²) in [5.74, 6) is -1.01. The molecule has 1 rings (SSSR count). The Morgan fingerprint density at radius 3 is 2.42 bits per heavy atom. The maximum atomic E-state index is 10.6. The summed E-state index contributed by atoms with van der Waals surface area (Å²) in [6.45, 7) is 1.54. The zero-order valence-corrected chi connectivity index (χ0v) is 6.69. The molecular formula is C9H10O3. The molecule has 12 heavy (non-hydrogen) atoms. The largest absolute Gasteiger partial charge is 0.478 e. The van der Waals surface area contributed by atoms with E-state index < -0.39 is 12.1 Å². The van der Waals surface area contributed by atoms with Crippen LogP contribution in [0.1, 0.15) is 28.9 Å². The minimum Gasteiger partial charge on any atom is -0.478 e. The fraction of sp³-hybridized carbons (Fsp3) is 0.222. The van der Waals surface area contributed by atoms with Crippen LogP contribution in [-0.2, 0) is 0 Å². The zero-order chi connectivity index (χ0) is 9.14. The van der Waals surface area contributed by atoms with Crippen molar-refractivity contribution in [2.45, 2.75) is 13.0 Å². The Morgan fingerprint density at radius 1 is 1.42 bits per heavy atom. The smallest absolute Gasteiger partial charge is 0.336 e. The maximum Gasteiger partial charge on any atom is 0.336 e. The molecule has 1 aromatic carbocycles. The number of benzene rings is 1. The number of aliphatic hydroxyl groups excluding tert-OH is 1. The lowest BCUT2D eigenvalue weighted by Gasteiger charge is -2.07. The fourth-order valence-electron chi connectivity index (χ4n) is 1.06. The van der Waals surface area contributed by atoms with Crippen LogP contribution in [0.4, 0.5) is 0 Å². The average Bonchev–Trinajstić information content (AvgIpc) is 2.04. The highest BCUT2D eigenvalue weighted by atomic mass is 16.4. The molecule has 1 atom stereocenters. The molecule has 0 aromatic heterocycles. The van der Waals surface area contributed by atoms with E-state index in [0.29, 0.717) is 5.56 Å². The van der Waals surface area contributed by atoms with Gasteiger partial charge in [0.25, 0.3) is 0 Å². The van der Waals surface area contributed by atoms with Crippen molar-refractivity contribution in [3.8, 4) is 0 Å². The molecule has 0 spiro atoms. The molecule has 0 saturated heterocycles. The van der Waals surface area contributed by atoms with Crippen LogP contribution in [0.3, 0.4) is 0 Å². The molecule has 64 valence electrons. The minimum absolute atomic E-state index is 0.160. The van der Waals surface area contributed by atoms with Crippen LogP contribution in [0.25, 0.3) is 0 Å². The molecule has 3 nitrogen and oxygen atoms in total. The number of aliphatic hydroxyl groups is 1. The fourth-order valence-corrected chi connectivity index (χ4v) is 1.06.